The highest BCUT2D eigenvalue weighted by Crippen LogP contribution is 2.24. The number of hydrogen-bond acceptors (Lipinski definition) is 3. The van der Waals surface area contributed by atoms with Crippen LogP contribution < -0.4 is 10.9 Å². The molecule has 0 spiro atoms. The molecule has 0 atom stereocenters. The third kappa shape index (κ3) is 2.48. The Bertz CT molecular complexity index is 805. The summed E-state index contributed by atoms with van der Waals surface area (Å²) in [6.07, 6.45) is 0. The van der Waals surface area contributed by atoms with Gasteiger partial charge in [-0.1, -0.05) is 36.4 Å². The van der Waals surface area contributed by atoms with E-state index in [0.717, 1.165) is 27.8 Å². The Hall–Kier alpha value is -2.75. The number of furan rings is 1. The summed E-state index contributed by atoms with van der Waals surface area (Å²) >= 11 is 0. The molecular formula is C17H16N2O2. The summed E-state index contributed by atoms with van der Waals surface area (Å²) < 4.78 is 5.63. The summed E-state index contributed by atoms with van der Waals surface area (Å²) in [6, 6.07) is 15.4. The number of nitrogens with one attached hydrogen (secondary N) is 2. The second-order valence-electron chi connectivity index (χ2n) is 4.95. The standard InChI is InChI=1S/C17H16N2O2/c1-11-7-3-5-9-14(11)18-19-17(20)16-12(2)13-8-4-6-10-15(13)21-16/h3-10,18H,1-2H3,(H,19,20). The van der Waals surface area contributed by atoms with Crippen LogP contribution in [-0.2, 0) is 0 Å². The summed E-state index contributed by atoms with van der Waals surface area (Å²) in [5, 5.41) is 0.957. The van der Waals surface area contributed by atoms with Crippen molar-refractivity contribution in [3.8, 4) is 0 Å². The number of carbonyl (C=O) groups excluding carboxylic acids is 1. The Balaban J connectivity index is 1.81. The van der Waals surface area contributed by atoms with Gasteiger partial charge in [0.2, 0.25) is 0 Å². The highest BCUT2D eigenvalue weighted by molar-refractivity contribution is 5.99. The quantitative estimate of drug-likeness (QED) is 0.717. The maximum absolute atomic E-state index is 12.3. The van der Waals surface area contributed by atoms with Crippen LogP contribution in [0, 0.1) is 13.8 Å². The van der Waals surface area contributed by atoms with E-state index in [0.29, 0.717) is 5.76 Å². The SMILES string of the molecule is Cc1ccccc1NNC(=O)c1oc2ccccc2c1C. The lowest BCUT2D eigenvalue weighted by Gasteiger charge is -2.09. The van der Waals surface area contributed by atoms with Crippen molar-refractivity contribution in [2.45, 2.75) is 13.8 Å². The summed E-state index contributed by atoms with van der Waals surface area (Å²) in [7, 11) is 0. The largest absolute Gasteiger partial charge is 0.451 e. The maximum Gasteiger partial charge on any atom is 0.305 e. The first-order chi connectivity index (χ1) is 10.2. The number of hydrazine groups is 1. The van der Waals surface area contributed by atoms with Crippen LogP contribution in [0.1, 0.15) is 21.7 Å². The molecule has 2 aromatic carbocycles. The monoisotopic (exact) mass is 280 g/mol. The van der Waals surface area contributed by atoms with Gasteiger partial charge < -0.3 is 4.42 Å². The van der Waals surface area contributed by atoms with Crippen molar-refractivity contribution >= 4 is 22.6 Å². The number of amides is 1. The molecule has 0 unspecified atom stereocenters. The third-order valence-corrected chi connectivity index (χ3v) is 3.51. The number of fused-ring (bicyclic) bond motifs is 1. The Morgan fingerprint density at radius 3 is 2.48 bits per heavy atom. The van der Waals surface area contributed by atoms with Crippen LogP contribution in [0.2, 0.25) is 0 Å². The van der Waals surface area contributed by atoms with Crippen molar-refractivity contribution in [2.24, 2.45) is 0 Å². The molecule has 2 N–H and O–H groups in total. The number of anilines is 1. The topological polar surface area (TPSA) is 54.3 Å². The molecule has 4 nitrogen and oxygen atoms in total. The molecule has 1 heterocycles. The van der Waals surface area contributed by atoms with E-state index in [1.54, 1.807) is 0 Å². The van der Waals surface area contributed by atoms with Crippen LogP contribution in [0.5, 0.6) is 0 Å². The number of benzene rings is 2. The Kier molecular flexibility index (Phi) is 3.36. The second kappa shape index (κ2) is 5.32. The summed E-state index contributed by atoms with van der Waals surface area (Å²) in [5.74, 6) is 0.0456. The molecule has 1 aromatic heterocycles. The second-order valence-corrected chi connectivity index (χ2v) is 4.95. The van der Waals surface area contributed by atoms with Gasteiger partial charge in [-0.25, -0.2) is 0 Å². The average Bonchev–Trinajstić information content (AvgIpc) is 2.84. The van der Waals surface area contributed by atoms with Crippen LogP contribution in [-0.4, -0.2) is 5.91 Å². The first-order valence-corrected chi connectivity index (χ1v) is 6.77. The van der Waals surface area contributed by atoms with E-state index in [4.69, 9.17) is 4.42 Å². The molecule has 21 heavy (non-hydrogen) atoms. The molecule has 0 fully saturated rings. The van der Waals surface area contributed by atoms with Gasteiger partial charge in [-0.15, -0.1) is 0 Å². The van der Waals surface area contributed by atoms with Crippen molar-refractivity contribution in [2.75, 3.05) is 5.43 Å². The van der Waals surface area contributed by atoms with Crippen LogP contribution in [0.4, 0.5) is 5.69 Å². The van der Waals surface area contributed by atoms with Gasteiger partial charge in [0, 0.05) is 10.9 Å². The predicted octanol–water partition coefficient (Wildman–Crippen LogP) is 3.81. The third-order valence-electron chi connectivity index (χ3n) is 3.51. The minimum Gasteiger partial charge on any atom is -0.451 e. The van der Waals surface area contributed by atoms with Crippen LogP contribution in [0.15, 0.2) is 52.9 Å². The highest BCUT2D eigenvalue weighted by Gasteiger charge is 2.17. The first kappa shape index (κ1) is 13.2. The van der Waals surface area contributed by atoms with Crippen molar-refractivity contribution in [1.29, 1.82) is 0 Å². The Morgan fingerprint density at radius 1 is 1.00 bits per heavy atom. The smallest absolute Gasteiger partial charge is 0.305 e. The van der Waals surface area contributed by atoms with Crippen LogP contribution >= 0.6 is 0 Å². The predicted molar refractivity (Wildman–Crippen MR) is 83.2 cm³/mol. The highest BCUT2D eigenvalue weighted by atomic mass is 16.3. The van der Waals surface area contributed by atoms with Gasteiger partial charge in [-0.05, 0) is 31.5 Å². The zero-order chi connectivity index (χ0) is 14.8. The lowest BCUT2D eigenvalue weighted by atomic mass is 10.1. The summed E-state index contributed by atoms with van der Waals surface area (Å²) in [5.41, 5.74) is 9.07. The molecule has 4 heteroatoms. The van der Waals surface area contributed by atoms with E-state index >= 15 is 0 Å². The Labute approximate surface area is 122 Å². The van der Waals surface area contributed by atoms with Gasteiger partial charge >= 0.3 is 5.91 Å². The molecule has 0 aliphatic rings. The molecular weight excluding hydrogens is 264 g/mol. The molecule has 0 aliphatic heterocycles. The van der Waals surface area contributed by atoms with Crippen molar-refractivity contribution < 1.29 is 9.21 Å². The molecule has 3 aromatic rings. The van der Waals surface area contributed by atoms with Gasteiger partial charge in [0.25, 0.3) is 0 Å². The van der Waals surface area contributed by atoms with E-state index in [1.165, 1.54) is 0 Å². The van der Waals surface area contributed by atoms with Gasteiger partial charge in [-0.2, -0.15) is 0 Å². The average molecular weight is 280 g/mol. The van der Waals surface area contributed by atoms with Crippen molar-refractivity contribution in [1.82, 2.24) is 5.43 Å². The van der Waals surface area contributed by atoms with E-state index in [1.807, 2.05) is 62.4 Å². The van der Waals surface area contributed by atoms with Crippen molar-refractivity contribution in [3.05, 3.63) is 65.4 Å². The molecule has 0 bridgehead atoms. The fourth-order valence-corrected chi connectivity index (χ4v) is 2.28. The fourth-order valence-electron chi connectivity index (χ4n) is 2.28. The van der Waals surface area contributed by atoms with E-state index < -0.39 is 0 Å². The minimum atomic E-state index is -0.285. The van der Waals surface area contributed by atoms with Gasteiger partial charge in [-0.3, -0.25) is 15.6 Å². The molecule has 3 rings (SSSR count). The minimum absolute atomic E-state index is 0.285. The zero-order valence-electron chi connectivity index (χ0n) is 11.9. The molecule has 1 amide bonds. The number of rotatable bonds is 3. The van der Waals surface area contributed by atoms with E-state index in [9.17, 15) is 4.79 Å². The Morgan fingerprint density at radius 2 is 1.71 bits per heavy atom. The summed E-state index contributed by atoms with van der Waals surface area (Å²) in [6.45, 7) is 3.86. The lowest BCUT2D eigenvalue weighted by molar-refractivity contribution is 0.0936. The molecule has 0 aliphatic carbocycles. The lowest BCUT2D eigenvalue weighted by Crippen LogP contribution is -2.29. The van der Waals surface area contributed by atoms with E-state index in [-0.39, 0.29) is 5.91 Å². The molecule has 0 saturated heterocycles. The normalized spacial score (nSPS) is 10.6. The van der Waals surface area contributed by atoms with Crippen LogP contribution in [0.25, 0.3) is 11.0 Å². The number of hydrogen-bond donors (Lipinski definition) is 2. The van der Waals surface area contributed by atoms with Gasteiger partial charge in [0.05, 0.1) is 5.69 Å². The number of carbonyl (C=O) groups is 1. The number of aryl methyl sites for hydroxylation is 2. The van der Waals surface area contributed by atoms with E-state index in [2.05, 4.69) is 10.9 Å². The van der Waals surface area contributed by atoms with Crippen molar-refractivity contribution in [3.63, 3.8) is 0 Å². The van der Waals surface area contributed by atoms with Crippen LogP contribution in [0.3, 0.4) is 0 Å². The molecule has 0 radical (unpaired) electrons. The molecule has 106 valence electrons. The maximum atomic E-state index is 12.3. The molecule has 0 saturated carbocycles. The summed E-state index contributed by atoms with van der Waals surface area (Å²) in [4.78, 5) is 12.3. The number of para-hydroxylation sites is 2. The van der Waals surface area contributed by atoms with Gasteiger partial charge in [0.15, 0.2) is 5.76 Å². The zero-order valence-corrected chi connectivity index (χ0v) is 11.9. The van der Waals surface area contributed by atoms with Gasteiger partial charge in [0.1, 0.15) is 5.58 Å². The fraction of sp³-hybridized carbons (Fsp3) is 0.118. The first-order valence-electron chi connectivity index (χ1n) is 6.77.